The molecular formula is C19H16BrNO4S. The number of rotatable bonds is 6. The van der Waals surface area contributed by atoms with Crippen LogP contribution in [0.25, 0.3) is 10.6 Å². The molecular weight excluding hydrogens is 418 g/mol. The first-order valence-electron chi connectivity index (χ1n) is 7.70. The van der Waals surface area contributed by atoms with Crippen molar-refractivity contribution in [2.45, 2.75) is 6.61 Å². The Balaban J connectivity index is 1.72. The molecule has 0 aliphatic heterocycles. The summed E-state index contributed by atoms with van der Waals surface area (Å²) in [6.07, 6.45) is 0. The summed E-state index contributed by atoms with van der Waals surface area (Å²) in [6.45, 7) is 0.304. The van der Waals surface area contributed by atoms with E-state index < -0.39 is 5.97 Å². The maximum Gasteiger partial charge on any atom is 0.337 e. The summed E-state index contributed by atoms with van der Waals surface area (Å²) >= 11 is 5.03. The molecule has 0 aliphatic carbocycles. The molecule has 0 bridgehead atoms. The van der Waals surface area contributed by atoms with Gasteiger partial charge in [-0.05, 0) is 30.3 Å². The maximum atomic E-state index is 11.6. The number of hydrogen-bond acceptors (Lipinski definition) is 6. The molecule has 0 N–H and O–H groups in total. The minimum absolute atomic E-state index is 0.304. The molecule has 1 aromatic heterocycles. The Morgan fingerprint density at radius 3 is 2.73 bits per heavy atom. The van der Waals surface area contributed by atoms with Crippen molar-refractivity contribution in [2.24, 2.45) is 0 Å². The third-order valence-corrected chi connectivity index (χ3v) is 5.02. The fourth-order valence-corrected chi connectivity index (χ4v) is 3.51. The second-order valence-electron chi connectivity index (χ2n) is 5.30. The molecule has 2 aromatic carbocycles. The highest BCUT2D eigenvalue weighted by Gasteiger charge is 2.12. The number of aromatic nitrogens is 1. The molecule has 0 fully saturated rings. The highest BCUT2D eigenvalue weighted by atomic mass is 79.9. The molecule has 0 aliphatic rings. The number of methoxy groups -OCH3 is 2. The molecule has 0 radical (unpaired) electrons. The van der Waals surface area contributed by atoms with Crippen molar-refractivity contribution in [1.82, 2.24) is 4.98 Å². The normalized spacial score (nSPS) is 10.4. The number of thiazole rings is 1. The van der Waals surface area contributed by atoms with Gasteiger partial charge in [-0.3, -0.25) is 0 Å². The number of hydrogen-bond donors (Lipinski definition) is 0. The van der Waals surface area contributed by atoms with Gasteiger partial charge in [-0.1, -0.05) is 28.1 Å². The Morgan fingerprint density at radius 1 is 1.15 bits per heavy atom. The Kier molecular flexibility index (Phi) is 5.90. The van der Waals surface area contributed by atoms with Gasteiger partial charge >= 0.3 is 5.97 Å². The molecule has 0 amide bonds. The van der Waals surface area contributed by atoms with Gasteiger partial charge in [0.15, 0.2) is 11.5 Å². The molecule has 0 spiro atoms. The predicted octanol–water partition coefficient (Wildman–Crippen LogP) is 4.95. The van der Waals surface area contributed by atoms with E-state index in [0.717, 1.165) is 20.7 Å². The third-order valence-electron chi connectivity index (χ3n) is 3.58. The summed E-state index contributed by atoms with van der Waals surface area (Å²) in [4.78, 5) is 16.2. The van der Waals surface area contributed by atoms with Crippen molar-refractivity contribution >= 4 is 33.2 Å². The van der Waals surface area contributed by atoms with Gasteiger partial charge in [0.1, 0.15) is 11.6 Å². The van der Waals surface area contributed by atoms with Crippen LogP contribution < -0.4 is 9.47 Å². The lowest BCUT2D eigenvalue weighted by atomic mass is 10.2. The highest BCUT2D eigenvalue weighted by Crippen LogP contribution is 2.30. The summed E-state index contributed by atoms with van der Waals surface area (Å²) in [6, 6.07) is 12.9. The predicted molar refractivity (Wildman–Crippen MR) is 104 cm³/mol. The van der Waals surface area contributed by atoms with E-state index >= 15 is 0 Å². The lowest BCUT2D eigenvalue weighted by Gasteiger charge is -2.10. The summed E-state index contributed by atoms with van der Waals surface area (Å²) in [5.41, 5.74) is 2.28. The molecule has 7 heteroatoms. The van der Waals surface area contributed by atoms with Gasteiger partial charge in [0.25, 0.3) is 0 Å². The van der Waals surface area contributed by atoms with Crippen LogP contribution in [-0.2, 0) is 11.3 Å². The van der Waals surface area contributed by atoms with Crippen LogP contribution in [0.1, 0.15) is 16.1 Å². The lowest BCUT2D eigenvalue weighted by Crippen LogP contribution is -2.03. The van der Waals surface area contributed by atoms with E-state index in [1.54, 1.807) is 29.5 Å². The van der Waals surface area contributed by atoms with Crippen LogP contribution in [0.3, 0.4) is 0 Å². The van der Waals surface area contributed by atoms with Gasteiger partial charge in [0.05, 0.1) is 25.5 Å². The van der Waals surface area contributed by atoms with E-state index in [0.29, 0.717) is 23.7 Å². The fraction of sp³-hybridized carbons (Fsp3) is 0.158. The summed E-state index contributed by atoms with van der Waals surface area (Å²) in [5, 5.41) is 2.89. The molecule has 1 heterocycles. The summed E-state index contributed by atoms with van der Waals surface area (Å²) < 4.78 is 16.8. The molecule has 3 aromatic rings. The van der Waals surface area contributed by atoms with Crippen LogP contribution in [0, 0.1) is 0 Å². The van der Waals surface area contributed by atoms with Gasteiger partial charge in [0, 0.05) is 15.4 Å². The number of nitrogens with zero attached hydrogens (tertiary/aromatic N) is 1. The van der Waals surface area contributed by atoms with E-state index in [1.807, 2.05) is 29.6 Å². The Morgan fingerprint density at radius 2 is 2.00 bits per heavy atom. The zero-order chi connectivity index (χ0) is 18.5. The largest absolute Gasteiger partial charge is 0.493 e. The molecule has 0 saturated heterocycles. The van der Waals surface area contributed by atoms with Gasteiger partial charge in [0.2, 0.25) is 0 Å². The monoisotopic (exact) mass is 433 g/mol. The molecule has 26 heavy (non-hydrogen) atoms. The van der Waals surface area contributed by atoms with E-state index in [2.05, 4.69) is 20.9 Å². The Labute approximate surface area is 163 Å². The quantitative estimate of drug-likeness (QED) is 0.514. The number of benzene rings is 2. The van der Waals surface area contributed by atoms with Gasteiger partial charge in [-0.15, -0.1) is 11.3 Å². The fourth-order valence-electron chi connectivity index (χ4n) is 2.31. The van der Waals surface area contributed by atoms with Gasteiger partial charge in [-0.2, -0.15) is 0 Å². The highest BCUT2D eigenvalue weighted by molar-refractivity contribution is 9.10. The first-order chi connectivity index (χ1) is 12.6. The van der Waals surface area contributed by atoms with Crippen molar-refractivity contribution in [3.05, 3.63) is 63.6 Å². The van der Waals surface area contributed by atoms with Crippen LogP contribution in [-0.4, -0.2) is 25.2 Å². The van der Waals surface area contributed by atoms with Gasteiger partial charge < -0.3 is 14.2 Å². The number of carbonyl (C=O) groups excluding carboxylic acids is 1. The van der Waals surface area contributed by atoms with Crippen molar-refractivity contribution < 1.29 is 19.0 Å². The summed E-state index contributed by atoms with van der Waals surface area (Å²) in [7, 11) is 2.86. The molecule has 134 valence electrons. The molecule has 5 nitrogen and oxygen atoms in total. The maximum absolute atomic E-state index is 11.6. The second kappa shape index (κ2) is 8.33. The number of carbonyl (C=O) groups is 1. The van der Waals surface area contributed by atoms with Crippen molar-refractivity contribution in [3.63, 3.8) is 0 Å². The van der Waals surface area contributed by atoms with Gasteiger partial charge in [-0.25, -0.2) is 9.78 Å². The van der Waals surface area contributed by atoms with Crippen molar-refractivity contribution in [2.75, 3.05) is 14.2 Å². The topological polar surface area (TPSA) is 57.7 Å². The SMILES string of the molecule is COC(=O)c1ccc(OCc2csc(-c3cccc(Br)c3)n2)c(OC)c1. The second-order valence-corrected chi connectivity index (χ2v) is 7.07. The van der Waals surface area contributed by atoms with Crippen LogP contribution in [0.5, 0.6) is 11.5 Å². The number of halogens is 1. The molecule has 0 atom stereocenters. The molecule has 3 rings (SSSR count). The third kappa shape index (κ3) is 4.23. The van der Waals surface area contributed by atoms with Crippen LogP contribution in [0.4, 0.5) is 0 Å². The van der Waals surface area contributed by atoms with Crippen LogP contribution in [0.2, 0.25) is 0 Å². The number of ether oxygens (including phenoxy) is 3. The van der Waals surface area contributed by atoms with Crippen molar-refractivity contribution in [3.8, 4) is 22.1 Å². The van der Waals surface area contributed by atoms with E-state index in [-0.39, 0.29) is 0 Å². The molecule has 0 unspecified atom stereocenters. The van der Waals surface area contributed by atoms with Crippen LogP contribution >= 0.6 is 27.3 Å². The lowest BCUT2D eigenvalue weighted by molar-refractivity contribution is 0.0600. The van der Waals surface area contributed by atoms with E-state index in [1.165, 1.54) is 14.2 Å². The number of esters is 1. The standard InChI is InChI=1S/C19H16BrNO4S/c1-23-17-9-13(19(22)24-2)6-7-16(17)25-10-15-11-26-18(21-15)12-4-3-5-14(20)8-12/h3-9,11H,10H2,1-2H3. The Bertz CT molecular complexity index is 925. The first-order valence-corrected chi connectivity index (χ1v) is 9.37. The van der Waals surface area contributed by atoms with Crippen LogP contribution in [0.15, 0.2) is 52.3 Å². The average Bonchev–Trinajstić information content (AvgIpc) is 3.14. The minimum atomic E-state index is -0.423. The smallest absolute Gasteiger partial charge is 0.337 e. The Hall–Kier alpha value is -2.38. The van der Waals surface area contributed by atoms with E-state index in [4.69, 9.17) is 14.2 Å². The molecule has 0 saturated carbocycles. The average molecular weight is 434 g/mol. The van der Waals surface area contributed by atoms with Crippen molar-refractivity contribution in [1.29, 1.82) is 0 Å². The minimum Gasteiger partial charge on any atom is -0.493 e. The first kappa shape index (κ1) is 18.4. The van der Waals surface area contributed by atoms with E-state index in [9.17, 15) is 4.79 Å². The zero-order valence-corrected chi connectivity index (χ0v) is 16.6. The zero-order valence-electron chi connectivity index (χ0n) is 14.2. The summed E-state index contributed by atoms with van der Waals surface area (Å²) in [5.74, 6) is 0.584.